The topological polar surface area (TPSA) is 142 Å². The van der Waals surface area contributed by atoms with Gasteiger partial charge in [-0.3, -0.25) is 14.6 Å². The van der Waals surface area contributed by atoms with Crippen LogP contribution in [-0.2, 0) is 29.0 Å². The number of nitrogens with zero attached hydrogens (tertiary/aromatic N) is 1. The van der Waals surface area contributed by atoms with Gasteiger partial charge in [0, 0.05) is 35.4 Å². The molecule has 0 saturated carbocycles. The highest BCUT2D eigenvalue weighted by atomic mass is 16.5. The van der Waals surface area contributed by atoms with Crippen LogP contribution in [-0.4, -0.2) is 37.1 Å². The number of carbonyl (C=O) groups is 2. The number of rotatable bonds is 11. The number of pyridine rings is 1. The zero-order valence-electron chi connectivity index (χ0n) is 21.5. The zero-order chi connectivity index (χ0) is 26.4. The van der Waals surface area contributed by atoms with Crippen LogP contribution in [0.25, 0.3) is 10.9 Å². The Balaban J connectivity index is 2.06. The van der Waals surface area contributed by atoms with Gasteiger partial charge in [0.05, 0.1) is 37.9 Å². The van der Waals surface area contributed by atoms with E-state index in [1.807, 2.05) is 38.1 Å². The summed E-state index contributed by atoms with van der Waals surface area (Å²) in [5.41, 5.74) is 16.4. The lowest BCUT2D eigenvalue weighted by Gasteiger charge is -2.20. The van der Waals surface area contributed by atoms with Gasteiger partial charge in [0.15, 0.2) is 11.5 Å². The van der Waals surface area contributed by atoms with Crippen LogP contribution < -0.4 is 31.6 Å². The number of aromatic nitrogens is 1. The van der Waals surface area contributed by atoms with E-state index in [1.165, 1.54) is 0 Å². The molecule has 0 radical (unpaired) electrons. The summed E-state index contributed by atoms with van der Waals surface area (Å²) in [5, 5.41) is 7.22. The van der Waals surface area contributed by atoms with Crippen LogP contribution in [0, 0.1) is 5.92 Å². The molecule has 1 heterocycles. The van der Waals surface area contributed by atoms with Gasteiger partial charge >= 0.3 is 0 Å². The maximum atomic E-state index is 12.4. The van der Waals surface area contributed by atoms with Crippen molar-refractivity contribution >= 4 is 34.1 Å². The second-order valence-electron chi connectivity index (χ2n) is 8.94. The SMILES string of the molecule is CCc1c(CNC(=O)[C@@H](N)C(C)C)cccc1Nc1c(CC(N)=O)cnc2cc(OC)c(OC)cc12. The number of hydrogen-bond donors (Lipinski definition) is 4. The molecule has 0 aliphatic rings. The number of methoxy groups -OCH3 is 2. The number of primary amides is 1. The molecule has 9 nitrogen and oxygen atoms in total. The molecule has 9 heteroatoms. The van der Waals surface area contributed by atoms with E-state index in [9.17, 15) is 9.59 Å². The molecule has 3 aromatic rings. The van der Waals surface area contributed by atoms with Gasteiger partial charge in [0.1, 0.15) is 0 Å². The van der Waals surface area contributed by atoms with Crippen molar-refractivity contribution in [3.63, 3.8) is 0 Å². The van der Waals surface area contributed by atoms with Crippen LogP contribution in [0.4, 0.5) is 11.4 Å². The molecule has 0 aliphatic heterocycles. The standard InChI is InChI=1S/C27H35N5O4/c1-6-18-16(13-31-27(34)25(29)15(2)3)8-7-9-20(18)32-26-17(10-24(28)33)14-30-21-12-23(36-5)22(35-4)11-19(21)26/h7-9,11-12,14-15,25H,6,10,13,29H2,1-5H3,(H2,28,33)(H,30,32)(H,31,34)/t25-/m0/s1. The Morgan fingerprint density at radius 3 is 2.39 bits per heavy atom. The van der Waals surface area contributed by atoms with Crippen molar-refractivity contribution in [2.75, 3.05) is 19.5 Å². The van der Waals surface area contributed by atoms with Gasteiger partial charge in [0.25, 0.3) is 0 Å². The number of benzene rings is 2. The van der Waals surface area contributed by atoms with Gasteiger partial charge in [-0.05, 0) is 35.6 Å². The molecular weight excluding hydrogens is 458 g/mol. The van der Waals surface area contributed by atoms with Crippen molar-refractivity contribution in [3.8, 4) is 11.5 Å². The van der Waals surface area contributed by atoms with Crippen molar-refractivity contribution in [1.29, 1.82) is 0 Å². The summed E-state index contributed by atoms with van der Waals surface area (Å²) in [7, 11) is 3.13. The van der Waals surface area contributed by atoms with Crippen molar-refractivity contribution in [2.45, 2.75) is 46.2 Å². The van der Waals surface area contributed by atoms with Crippen LogP contribution in [0.3, 0.4) is 0 Å². The van der Waals surface area contributed by atoms with Crippen molar-refractivity contribution < 1.29 is 19.1 Å². The molecule has 2 aromatic carbocycles. The van der Waals surface area contributed by atoms with E-state index in [2.05, 4.69) is 22.5 Å². The summed E-state index contributed by atoms with van der Waals surface area (Å²) >= 11 is 0. The first kappa shape index (κ1) is 26.7. The van der Waals surface area contributed by atoms with Crippen molar-refractivity contribution in [3.05, 3.63) is 53.2 Å². The Bertz CT molecular complexity index is 1260. The van der Waals surface area contributed by atoms with Gasteiger partial charge < -0.3 is 31.6 Å². The average Bonchev–Trinajstić information content (AvgIpc) is 2.86. The van der Waals surface area contributed by atoms with E-state index < -0.39 is 11.9 Å². The minimum absolute atomic E-state index is 0.0178. The third kappa shape index (κ3) is 5.85. The molecule has 0 bridgehead atoms. The molecule has 1 atom stereocenters. The molecule has 0 aliphatic carbocycles. The fraction of sp³-hybridized carbons (Fsp3) is 0.370. The summed E-state index contributed by atoms with van der Waals surface area (Å²) < 4.78 is 10.9. The Morgan fingerprint density at radius 2 is 1.78 bits per heavy atom. The summed E-state index contributed by atoms with van der Waals surface area (Å²) in [5.74, 6) is 0.490. The first-order chi connectivity index (χ1) is 17.2. The quantitative estimate of drug-likeness (QED) is 0.321. The summed E-state index contributed by atoms with van der Waals surface area (Å²) in [6.07, 6.45) is 2.38. The monoisotopic (exact) mass is 493 g/mol. The molecular formula is C27H35N5O4. The molecule has 3 rings (SSSR count). The zero-order valence-corrected chi connectivity index (χ0v) is 21.5. The van der Waals surface area contributed by atoms with Gasteiger partial charge in [-0.25, -0.2) is 0 Å². The van der Waals surface area contributed by atoms with Gasteiger partial charge in [-0.15, -0.1) is 0 Å². The normalized spacial score (nSPS) is 11.9. The lowest BCUT2D eigenvalue weighted by molar-refractivity contribution is -0.123. The van der Waals surface area contributed by atoms with Gasteiger partial charge in [0.2, 0.25) is 11.8 Å². The summed E-state index contributed by atoms with van der Waals surface area (Å²) in [6, 6.07) is 8.92. The van der Waals surface area contributed by atoms with E-state index in [0.29, 0.717) is 34.8 Å². The molecule has 1 aromatic heterocycles. The van der Waals surface area contributed by atoms with Crippen LogP contribution in [0.5, 0.6) is 11.5 Å². The van der Waals surface area contributed by atoms with Crippen molar-refractivity contribution in [2.24, 2.45) is 17.4 Å². The lowest BCUT2D eigenvalue weighted by atomic mass is 10.00. The predicted molar refractivity (Wildman–Crippen MR) is 142 cm³/mol. The van der Waals surface area contributed by atoms with E-state index in [1.54, 1.807) is 26.5 Å². The molecule has 0 spiro atoms. The fourth-order valence-corrected chi connectivity index (χ4v) is 4.10. The summed E-state index contributed by atoms with van der Waals surface area (Å²) in [4.78, 5) is 28.8. The number of hydrogen-bond acceptors (Lipinski definition) is 7. The minimum atomic E-state index is -0.567. The minimum Gasteiger partial charge on any atom is -0.493 e. The van der Waals surface area contributed by atoms with E-state index >= 15 is 0 Å². The number of nitrogens with one attached hydrogen (secondary N) is 2. The van der Waals surface area contributed by atoms with E-state index in [4.69, 9.17) is 20.9 Å². The molecule has 0 fully saturated rings. The maximum absolute atomic E-state index is 12.4. The third-order valence-electron chi connectivity index (χ3n) is 6.18. The molecule has 192 valence electrons. The van der Waals surface area contributed by atoms with Crippen LogP contribution in [0.15, 0.2) is 36.5 Å². The maximum Gasteiger partial charge on any atom is 0.237 e. The first-order valence-corrected chi connectivity index (χ1v) is 11.9. The molecule has 0 saturated heterocycles. The fourth-order valence-electron chi connectivity index (χ4n) is 4.10. The second kappa shape index (κ2) is 11.7. The molecule has 36 heavy (non-hydrogen) atoms. The van der Waals surface area contributed by atoms with Gasteiger partial charge in [-0.2, -0.15) is 0 Å². The second-order valence-corrected chi connectivity index (χ2v) is 8.94. The van der Waals surface area contributed by atoms with Crippen LogP contribution in [0.2, 0.25) is 0 Å². The lowest BCUT2D eigenvalue weighted by Crippen LogP contribution is -2.43. The molecule has 2 amide bonds. The highest BCUT2D eigenvalue weighted by Gasteiger charge is 2.19. The largest absolute Gasteiger partial charge is 0.493 e. The Labute approximate surface area is 211 Å². The van der Waals surface area contributed by atoms with E-state index in [0.717, 1.165) is 28.6 Å². The van der Waals surface area contributed by atoms with Crippen LogP contribution in [0.1, 0.15) is 37.5 Å². The highest BCUT2D eigenvalue weighted by Crippen LogP contribution is 2.38. The first-order valence-electron chi connectivity index (χ1n) is 11.9. The number of ether oxygens (including phenoxy) is 2. The number of carbonyl (C=O) groups excluding carboxylic acids is 2. The number of fused-ring (bicyclic) bond motifs is 1. The Hall–Kier alpha value is -3.85. The number of anilines is 2. The van der Waals surface area contributed by atoms with Gasteiger partial charge in [-0.1, -0.05) is 32.9 Å². The predicted octanol–water partition coefficient (Wildman–Crippen LogP) is 3.19. The molecule has 6 N–H and O–H groups in total. The third-order valence-corrected chi connectivity index (χ3v) is 6.18. The summed E-state index contributed by atoms with van der Waals surface area (Å²) in [6.45, 7) is 6.24. The smallest absolute Gasteiger partial charge is 0.237 e. The van der Waals surface area contributed by atoms with Crippen molar-refractivity contribution in [1.82, 2.24) is 10.3 Å². The number of amides is 2. The van der Waals surface area contributed by atoms with E-state index in [-0.39, 0.29) is 18.2 Å². The Kier molecular flexibility index (Phi) is 8.71. The highest BCUT2D eigenvalue weighted by molar-refractivity contribution is 5.98. The van der Waals surface area contributed by atoms with Crippen LogP contribution >= 0.6 is 0 Å². The number of nitrogens with two attached hydrogens (primary N) is 2. The average molecular weight is 494 g/mol. The Morgan fingerprint density at radius 1 is 1.08 bits per heavy atom. The molecule has 0 unspecified atom stereocenters.